The van der Waals surface area contributed by atoms with Crippen molar-refractivity contribution in [2.24, 2.45) is 0 Å². The van der Waals surface area contributed by atoms with Crippen LogP contribution in [0.5, 0.6) is 17.2 Å². The summed E-state index contributed by atoms with van der Waals surface area (Å²) in [4.78, 5) is 4.75. The van der Waals surface area contributed by atoms with Crippen LogP contribution in [0.4, 0.5) is 0 Å². The first-order valence-corrected chi connectivity index (χ1v) is 10.1. The summed E-state index contributed by atoms with van der Waals surface area (Å²) in [6.45, 7) is 3.49. The number of nitrogens with zero attached hydrogens (tertiary/aromatic N) is 2. The van der Waals surface area contributed by atoms with Gasteiger partial charge in [-0.3, -0.25) is 0 Å². The van der Waals surface area contributed by atoms with Gasteiger partial charge in [0.25, 0.3) is 0 Å². The van der Waals surface area contributed by atoms with Crippen molar-refractivity contribution >= 4 is 22.6 Å². The summed E-state index contributed by atoms with van der Waals surface area (Å²) in [6, 6.07) is 21.3. The number of imidazole rings is 1. The summed E-state index contributed by atoms with van der Waals surface area (Å²) in [5.74, 6) is 3.21. The van der Waals surface area contributed by atoms with Gasteiger partial charge >= 0.3 is 0 Å². The molecule has 1 heterocycles. The molecule has 0 atom stereocenters. The zero-order chi connectivity index (χ0) is 20.9. The fourth-order valence-corrected chi connectivity index (χ4v) is 3.38. The molecule has 6 heteroatoms. The highest BCUT2D eigenvalue weighted by atomic mass is 35.5. The van der Waals surface area contributed by atoms with Crippen LogP contribution in [-0.2, 0) is 13.2 Å². The molecule has 0 saturated heterocycles. The van der Waals surface area contributed by atoms with Gasteiger partial charge in [0, 0.05) is 5.02 Å². The number of fused-ring (bicyclic) bond motifs is 1. The fourth-order valence-electron chi connectivity index (χ4n) is 3.27. The molecule has 0 aliphatic heterocycles. The molecule has 0 radical (unpaired) electrons. The normalized spacial score (nSPS) is 10.9. The minimum absolute atomic E-state index is 0.362. The van der Waals surface area contributed by atoms with Gasteiger partial charge in [-0.05, 0) is 67.1 Å². The highest BCUT2D eigenvalue weighted by Gasteiger charge is 2.11. The first-order valence-electron chi connectivity index (χ1n) is 9.74. The number of rotatable bonds is 8. The van der Waals surface area contributed by atoms with Gasteiger partial charge in [-0.2, -0.15) is 0 Å². The molecule has 5 nitrogen and oxygen atoms in total. The number of methoxy groups -OCH3 is 1. The molecule has 1 aromatic heterocycles. The number of halogens is 1. The number of benzene rings is 3. The molecule has 4 rings (SSSR count). The second kappa shape index (κ2) is 9.09. The van der Waals surface area contributed by atoms with Crippen molar-refractivity contribution < 1.29 is 14.2 Å². The van der Waals surface area contributed by atoms with Gasteiger partial charge in [-0.25, -0.2) is 4.98 Å². The van der Waals surface area contributed by atoms with E-state index in [-0.39, 0.29) is 0 Å². The molecule has 0 bridgehead atoms. The molecule has 0 N–H and O–H groups in total. The molecular weight excluding hydrogens is 400 g/mol. The van der Waals surface area contributed by atoms with Crippen LogP contribution in [0.2, 0.25) is 5.02 Å². The van der Waals surface area contributed by atoms with Gasteiger partial charge < -0.3 is 18.8 Å². The second-order valence-electron chi connectivity index (χ2n) is 6.89. The maximum atomic E-state index is 6.10. The van der Waals surface area contributed by atoms with Crippen LogP contribution >= 0.6 is 11.6 Å². The predicted octanol–water partition coefficient (Wildman–Crippen LogP) is 5.66. The fraction of sp³-hybridized carbons (Fsp3) is 0.208. The molecule has 0 saturated carbocycles. The Morgan fingerprint density at radius 3 is 2.40 bits per heavy atom. The van der Waals surface area contributed by atoms with Crippen LogP contribution < -0.4 is 14.2 Å². The number of aryl methyl sites for hydroxylation is 1. The second-order valence-corrected chi connectivity index (χ2v) is 7.30. The number of hydrogen-bond donors (Lipinski definition) is 0. The van der Waals surface area contributed by atoms with E-state index in [4.69, 9.17) is 30.8 Å². The first kappa shape index (κ1) is 20.1. The Kier molecular flexibility index (Phi) is 6.10. The van der Waals surface area contributed by atoms with Crippen LogP contribution in [-0.4, -0.2) is 23.3 Å². The van der Waals surface area contributed by atoms with E-state index in [1.165, 1.54) is 0 Å². The average Bonchev–Trinajstić information content (AvgIpc) is 3.13. The lowest BCUT2D eigenvalue weighted by molar-refractivity contribution is 0.272. The smallest absolute Gasteiger partial charge is 0.148 e. The Labute approximate surface area is 180 Å². The van der Waals surface area contributed by atoms with E-state index in [0.717, 1.165) is 44.7 Å². The van der Waals surface area contributed by atoms with Gasteiger partial charge in [-0.1, -0.05) is 23.7 Å². The van der Waals surface area contributed by atoms with Crippen LogP contribution in [0.15, 0.2) is 66.7 Å². The summed E-state index contributed by atoms with van der Waals surface area (Å²) in [6.07, 6.45) is 0. The molecule has 0 aliphatic rings. The standard InChI is InChI=1S/C24H23ClN2O3/c1-17-15-20(11-12-21(17)25)29-14-13-27-23-6-4-3-5-22(23)26-24(27)16-30-19-9-7-18(28-2)8-10-19/h3-12,15H,13-14,16H2,1-2H3. The van der Waals surface area contributed by atoms with Crippen molar-refractivity contribution in [3.05, 3.63) is 83.1 Å². The largest absolute Gasteiger partial charge is 0.497 e. The molecule has 0 amide bonds. The number of hydrogen-bond acceptors (Lipinski definition) is 4. The van der Waals surface area contributed by atoms with Crippen molar-refractivity contribution in [1.29, 1.82) is 0 Å². The summed E-state index contributed by atoms with van der Waals surface area (Å²) < 4.78 is 19.2. The lowest BCUT2D eigenvalue weighted by Crippen LogP contribution is -2.13. The third-order valence-corrected chi connectivity index (χ3v) is 5.30. The van der Waals surface area contributed by atoms with E-state index in [1.807, 2.05) is 67.6 Å². The lowest BCUT2D eigenvalue weighted by Gasteiger charge is -2.12. The van der Waals surface area contributed by atoms with E-state index < -0.39 is 0 Å². The summed E-state index contributed by atoms with van der Waals surface area (Å²) in [5, 5.41) is 0.737. The van der Waals surface area contributed by atoms with Crippen LogP contribution in [0.25, 0.3) is 11.0 Å². The quantitative estimate of drug-likeness (QED) is 0.367. The SMILES string of the molecule is COc1ccc(OCc2nc3ccccc3n2CCOc2ccc(Cl)c(C)c2)cc1. The number of ether oxygens (including phenoxy) is 3. The van der Waals surface area contributed by atoms with E-state index in [1.54, 1.807) is 7.11 Å². The van der Waals surface area contributed by atoms with Crippen molar-refractivity contribution in [3.63, 3.8) is 0 Å². The first-order chi connectivity index (χ1) is 14.6. The van der Waals surface area contributed by atoms with E-state index >= 15 is 0 Å². The number of para-hydroxylation sites is 2. The molecule has 0 spiro atoms. The lowest BCUT2D eigenvalue weighted by atomic mass is 10.2. The van der Waals surface area contributed by atoms with Gasteiger partial charge in [0.05, 0.1) is 24.7 Å². The topological polar surface area (TPSA) is 45.5 Å². The monoisotopic (exact) mass is 422 g/mol. The molecular formula is C24H23ClN2O3. The van der Waals surface area contributed by atoms with Gasteiger partial charge in [-0.15, -0.1) is 0 Å². The molecule has 0 aliphatic carbocycles. The molecule has 3 aromatic carbocycles. The maximum Gasteiger partial charge on any atom is 0.148 e. The third-order valence-electron chi connectivity index (χ3n) is 4.87. The van der Waals surface area contributed by atoms with Crippen molar-refractivity contribution in [2.75, 3.05) is 13.7 Å². The highest BCUT2D eigenvalue weighted by molar-refractivity contribution is 6.31. The van der Waals surface area contributed by atoms with Gasteiger partial charge in [0.15, 0.2) is 0 Å². The summed E-state index contributed by atoms with van der Waals surface area (Å²) >= 11 is 6.10. The Morgan fingerprint density at radius 1 is 0.900 bits per heavy atom. The zero-order valence-electron chi connectivity index (χ0n) is 17.0. The molecule has 0 unspecified atom stereocenters. The summed E-state index contributed by atoms with van der Waals surface area (Å²) in [5.41, 5.74) is 2.99. The van der Waals surface area contributed by atoms with E-state index in [2.05, 4.69) is 10.6 Å². The predicted molar refractivity (Wildman–Crippen MR) is 119 cm³/mol. The molecule has 0 fully saturated rings. The van der Waals surface area contributed by atoms with Gasteiger partial charge in [0.1, 0.15) is 36.3 Å². The third kappa shape index (κ3) is 4.52. The van der Waals surface area contributed by atoms with Gasteiger partial charge in [0.2, 0.25) is 0 Å². The molecule has 154 valence electrons. The average molecular weight is 423 g/mol. The van der Waals surface area contributed by atoms with Crippen molar-refractivity contribution in [3.8, 4) is 17.2 Å². The molecule has 4 aromatic rings. The molecule has 30 heavy (non-hydrogen) atoms. The van der Waals surface area contributed by atoms with E-state index in [9.17, 15) is 0 Å². The Bertz CT molecular complexity index is 1140. The Balaban J connectivity index is 1.48. The van der Waals surface area contributed by atoms with Crippen LogP contribution in [0.3, 0.4) is 0 Å². The van der Waals surface area contributed by atoms with Crippen molar-refractivity contribution in [1.82, 2.24) is 9.55 Å². The van der Waals surface area contributed by atoms with Crippen molar-refractivity contribution in [2.45, 2.75) is 20.1 Å². The zero-order valence-corrected chi connectivity index (χ0v) is 17.7. The number of aromatic nitrogens is 2. The maximum absolute atomic E-state index is 6.10. The minimum atomic E-state index is 0.362. The van der Waals surface area contributed by atoms with Crippen LogP contribution in [0.1, 0.15) is 11.4 Å². The minimum Gasteiger partial charge on any atom is -0.497 e. The van der Waals surface area contributed by atoms with E-state index in [0.29, 0.717) is 19.8 Å². The Morgan fingerprint density at radius 2 is 1.63 bits per heavy atom. The highest BCUT2D eigenvalue weighted by Crippen LogP contribution is 2.23. The Hall–Kier alpha value is -3.18. The summed E-state index contributed by atoms with van der Waals surface area (Å²) in [7, 11) is 1.64. The van der Waals surface area contributed by atoms with Crippen LogP contribution in [0, 0.1) is 6.92 Å².